The lowest BCUT2D eigenvalue weighted by molar-refractivity contribution is -0.192. The Morgan fingerprint density at radius 3 is 2.25 bits per heavy atom. The van der Waals surface area contributed by atoms with Crippen molar-refractivity contribution in [3.63, 3.8) is 0 Å². The van der Waals surface area contributed by atoms with Crippen LogP contribution < -0.4 is 4.74 Å². The van der Waals surface area contributed by atoms with Gasteiger partial charge in [0.1, 0.15) is 5.75 Å². The fraction of sp³-hybridized carbons (Fsp3) is 0.286. The minimum Gasteiger partial charge on any atom is -0.497 e. The fourth-order valence-corrected chi connectivity index (χ4v) is 4.57. The largest absolute Gasteiger partial charge is 0.497 e. The van der Waals surface area contributed by atoms with Crippen LogP contribution in [-0.4, -0.2) is 54.7 Å². The van der Waals surface area contributed by atoms with Crippen LogP contribution in [0.1, 0.15) is 12.0 Å². The molecule has 3 aromatic rings. The number of fused-ring (bicyclic) bond motifs is 1. The molecule has 172 valence electrons. The highest BCUT2D eigenvalue weighted by Crippen LogP contribution is 2.30. The summed E-state index contributed by atoms with van der Waals surface area (Å²) < 4.78 is 64.5. The number of carboxylic acids is 1. The van der Waals surface area contributed by atoms with Gasteiger partial charge in [-0.15, -0.1) is 0 Å². The van der Waals surface area contributed by atoms with Crippen LogP contribution in [0, 0.1) is 0 Å². The third kappa shape index (κ3) is 5.05. The Morgan fingerprint density at radius 2 is 1.75 bits per heavy atom. The first-order valence-corrected chi connectivity index (χ1v) is 11.0. The Morgan fingerprint density at radius 1 is 1.12 bits per heavy atom. The number of rotatable bonds is 5. The Bertz CT molecular complexity index is 1200. The zero-order chi connectivity index (χ0) is 23.5. The molecule has 0 radical (unpaired) electrons. The second-order valence-corrected chi connectivity index (χ2v) is 8.90. The lowest BCUT2D eigenvalue weighted by Gasteiger charge is -2.31. The lowest BCUT2D eigenvalue weighted by atomic mass is 10.1. The summed E-state index contributed by atoms with van der Waals surface area (Å²) in [5, 5.41) is 8.08. The summed E-state index contributed by atoms with van der Waals surface area (Å²) in [5.41, 5.74) is 1.75. The van der Waals surface area contributed by atoms with E-state index >= 15 is 0 Å². The number of alkyl halides is 3. The van der Waals surface area contributed by atoms with Gasteiger partial charge in [-0.2, -0.15) is 13.2 Å². The van der Waals surface area contributed by atoms with Crippen LogP contribution in [-0.2, 0) is 21.4 Å². The second kappa shape index (κ2) is 9.21. The summed E-state index contributed by atoms with van der Waals surface area (Å²) in [6.07, 6.45) is -2.23. The van der Waals surface area contributed by atoms with E-state index in [0.29, 0.717) is 11.3 Å². The number of likely N-dealkylation sites (tertiary alicyclic amines) is 1. The number of benzene rings is 2. The number of carboxylic acid groups (broad SMARTS) is 1. The van der Waals surface area contributed by atoms with Gasteiger partial charge in [0.25, 0.3) is 10.0 Å². The van der Waals surface area contributed by atoms with E-state index in [9.17, 15) is 21.6 Å². The molecule has 11 heteroatoms. The van der Waals surface area contributed by atoms with Gasteiger partial charge in [-0.1, -0.05) is 18.2 Å². The van der Waals surface area contributed by atoms with Crippen LogP contribution in [0.3, 0.4) is 0 Å². The van der Waals surface area contributed by atoms with E-state index in [2.05, 4.69) is 4.90 Å². The van der Waals surface area contributed by atoms with Crippen molar-refractivity contribution in [3.05, 3.63) is 60.3 Å². The first-order valence-electron chi connectivity index (χ1n) is 9.55. The molecule has 0 unspecified atom stereocenters. The molecule has 0 saturated carbocycles. The Kier molecular flexibility index (Phi) is 6.79. The monoisotopic (exact) mass is 470 g/mol. The van der Waals surface area contributed by atoms with Crippen molar-refractivity contribution in [3.8, 4) is 5.75 Å². The molecule has 0 bridgehead atoms. The molecule has 1 aliphatic rings. The van der Waals surface area contributed by atoms with Crippen LogP contribution in [0.25, 0.3) is 10.9 Å². The van der Waals surface area contributed by atoms with E-state index in [1.807, 2.05) is 12.1 Å². The predicted octanol–water partition coefficient (Wildman–Crippen LogP) is 3.73. The summed E-state index contributed by atoms with van der Waals surface area (Å²) in [7, 11) is -2.03. The molecule has 4 rings (SSSR count). The van der Waals surface area contributed by atoms with Gasteiger partial charge in [0.2, 0.25) is 0 Å². The minimum absolute atomic E-state index is 0.277. The summed E-state index contributed by atoms with van der Waals surface area (Å²) in [6.45, 7) is 2.98. The third-order valence-corrected chi connectivity index (χ3v) is 6.66. The SMILES string of the molecule is COc1cc(CN2CCC2)c2ccn(S(=O)(=O)c3ccccc3)c2c1.O=C(O)C(F)(F)F. The minimum atomic E-state index is -5.08. The van der Waals surface area contributed by atoms with Gasteiger partial charge in [0, 0.05) is 24.2 Å². The van der Waals surface area contributed by atoms with Gasteiger partial charge >= 0.3 is 12.1 Å². The maximum Gasteiger partial charge on any atom is 0.490 e. The van der Waals surface area contributed by atoms with Gasteiger partial charge in [-0.05, 0) is 49.3 Å². The quantitative estimate of drug-likeness (QED) is 0.612. The number of carbonyl (C=O) groups is 1. The highest BCUT2D eigenvalue weighted by molar-refractivity contribution is 7.90. The van der Waals surface area contributed by atoms with E-state index in [1.54, 1.807) is 49.7 Å². The molecule has 32 heavy (non-hydrogen) atoms. The molecule has 1 aliphatic heterocycles. The topological polar surface area (TPSA) is 88.8 Å². The fourth-order valence-electron chi connectivity index (χ4n) is 3.21. The van der Waals surface area contributed by atoms with Gasteiger partial charge in [-0.25, -0.2) is 17.2 Å². The van der Waals surface area contributed by atoms with Crippen molar-refractivity contribution < 1.29 is 36.2 Å². The van der Waals surface area contributed by atoms with Crippen LogP contribution in [0.5, 0.6) is 5.75 Å². The molecule has 7 nitrogen and oxygen atoms in total. The average molecular weight is 470 g/mol. The number of aliphatic carboxylic acids is 1. The van der Waals surface area contributed by atoms with Crippen molar-refractivity contribution in [2.45, 2.75) is 24.0 Å². The van der Waals surface area contributed by atoms with Crippen LogP contribution in [0.4, 0.5) is 13.2 Å². The maximum atomic E-state index is 13.0. The molecule has 1 fully saturated rings. The van der Waals surface area contributed by atoms with Crippen molar-refractivity contribution in [2.24, 2.45) is 0 Å². The summed E-state index contributed by atoms with van der Waals surface area (Å²) in [6, 6.07) is 14.2. The standard InChI is InChI=1S/C19H20N2O3S.C2HF3O2/c1-24-16-12-15(14-20-9-5-10-20)18-8-11-21(19(18)13-16)25(22,23)17-6-3-2-4-7-17;3-2(4,5)1(6)7/h2-4,6-8,11-13H,5,9-10,14H2,1H3;(H,6,7). The summed E-state index contributed by atoms with van der Waals surface area (Å²) in [4.78, 5) is 11.5. The number of halogens is 3. The van der Waals surface area contributed by atoms with Gasteiger partial charge < -0.3 is 9.84 Å². The molecule has 0 spiro atoms. The number of ether oxygens (including phenoxy) is 1. The molecule has 2 aromatic carbocycles. The molecule has 0 amide bonds. The average Bonchev–Trinajstić information content (AvgIpc) is 3.16. The Balaban J connectivity index is 0.000000360. The molecule has 1 N–H and O–H groups in total. The molecule has 1 saturated heterocycles. The molecular weight excluding hydrogens is 449 g/mol. The lowest BCUT2D eigenvalue weighted by Crippen LogP contribution is -2.36. The van der Waals surface area contributed by atoms with Crippen molar-refractivity contribution in [1.82, 2.24) is 8.87 Å². The summed E-state index contributed by atoms with van der Waals surface area (Å²) >= 11 is 0. The van der Waals surface area contributed by atoms with Crippen molar-refractivity contribution >= 4 is 26.9 Å². The first-order chi connectivity index (χ1) is 15.0. The molecule has 0 aliphatic carbocycles. The molecule has 1 aromatic heterocycles. The number of hydrogen-bond acceptors (Lipinski definition) is 5. The van der Waals surface area contributed by atoms with Crippen LogP contribution in [0.2, 0.25) is 0 Å². The van der Waals surface area contributed by atoms with Gasteiger partial charge in [-0.3, -0.25) is 4.90 Å². The van der Waals surface area contributed by atoms with Crippen LogP contribution >= 0.6 is 0 Å². The Hall–Kier alpha value is -3.05. The first kappa shape index (κ1) is 23.6. The highest BCUT2D eigenvalue weighted by Gasteiger charge is 2.38. The van der Waals surface area contributed by atoms with Gasteiger partial charge in [0.15, 0.2) is 0 Å². The zero-order valence-corrected chi connectivity index (χ0v) is 17.9. The molecule has 2 heterocycles. The van der Waals surface area contributed by atoms with E-state index in [0.717, 1.165) is 30.6 Å². The van der Waals surface area contributed by atoms with E-state index < -0.39 is 22.2 Å². The number of methoxy groups -OCH3 is 1. The second-order valence-electron chi connectivity index (χ2n) is 7.08. The predicted molar refractivity (Wildman–Crippen MR) is 111 cm³/mol. The van der Waals surface area contributed by atoms with E-state index in [4.69, 9.17) is 14.6 Å². The maximum absolute atomic E-state index is 13.0. The third-order valence-electron chi connectivity index (χ3n) is 4.95. The Labute approximate surface area is 182 Å². The highest BCUT2D eigenvalue weighted by atomic mass is 32.2. The van der Waals surface area contributed by atoms with Gasteiger partial charge in [0.05, 0.1) is 17.5 Å². The zero-order valence-electron chi connectivity index (χ0n) is 17.0. The normalized spacial score (nSPS) is 14.4. The smallest absolute Gasteiger partial charge is 0.490 e. The van der Waals surface area contributed by atoms with Crippen LogP contribution in [0.15, 0.2) is 59.6 Å². The molecular formula is C21H21F3N2O5S. The molecule has 0 atom stereocenters. The number of nitrogens with zero attached hydrogens (tertiary/aromatic N) is 2. The van der Waals surface area contributed by atoms with Crippen molar-refractivity contribution in [2.75, 3.05) is 20.2 Å². The van der Waals surface area contributed by atoms with E-state index in [1.165, 1.54) is 10.4 Å². The number of hydrogen-bond donors (Lipinski definition) is 1. The number of aromatic nitrogens is 1. The summed E-state index contributed by atoms with van der Waals surface area (Å²) in [5.74, 6) is -2.08. The van der Waals surface area contributed by atoms with E-state index in [-0.39, 0.29) is 4.90 Å². The van der Waals surface area contributed by atoms with Crippen molar-refractivity contribution in [1.29, 1.82) is 0 Å².